The van der Waals surface area contributed by atoms with Crippen LogP contribution in [-0.2, 0) is 0 Å². The Kier molecular flexibility index (Phi) is 2.16. The maximum atomic E-state index is 11.9. The molecule has 0 saturated carbocycles. The minimum atomic E-state index is -0.236. The molecule has 1 aliphatic heterocycles. The third-order valence-electron chi connectivity index (χ3n) is 3.35. The van der Waals surface area contributed by atoms with Gasteiger partial charge in [-0.3, -0.25) is 4.79 Å². The van der Waals surface area contributed by atoms with E-state index in [1.54, 1.807) is 0 Å². The van der Waals surface area contributed by atoms with Gasteiger partial charge < -0.3 is 11.2 Å². The number of rotatable bonds is 1. The number of hydrogen-bond acceptors (Lipinski definition) is 4. The Labute approximate surface area is 98.2 Å². The Bertz CT molecular complexity index is 643. The van der Waals surface area contributed by atoms with E-state index in [1.165, 1.54) is 0 Å². The predicted molar refractivity (Wildman–Crippen MR) is 66.5 cm³/mol. The highest BCUT2D eigenvalue weighted by Gasteiger charge is 2.24. The van der Waals surface area contributed by atoms with Crippen molar-refractivity contribution >= 4 is 10.8 Å². The normalized spacial score (nSPS) is 16.1. The molecule has 1 aromatic carbocycles. The fourth-order valence-corrected chi connectivity index (χ4v) is 2.29. The van der Waals surface area contributed by atoms with Crippen LogP contribution in [0.15, 0.2) is 23.0 Å². The van der Waals surface area contributed by atoms with E-state index in [0.29, 0.717) is 11.3 Å². The number of nitrogen functional groups attached to an aromatic ring is 1. The van der Waals surface area contributed by atoms with Gasteiger partial charge in [0.05, 0.1) is 11.1 Å². The quantitative estimate of drug-likeness (QED) is 0.682. The van der Waals surface area contributed by atoms with Crippen molar-refractivity contribution in [2.75, 3.05) is 18.9 Å². The summed E-state index contributed by atoms with van der Waals surface area (Å²) in [6.07, 6.45) is 0. The Morgan fingerprint density at radius 2 is 2.24 bits per heavy atom. The van der Waals surface area contributed by atoms with Gasteiger partial charge in [-0.25, -0.2) is 0 Å². The van der Waals surface area contributed by atoms with Crippen molar-refractivity contribution in [3.63, 3.8) is 0 Å². The highest BCUT2D eigenvalue weighted by Crippen LogP contribution is 2.26. The first-order chi connectivity index (χ1) is 8.18. The zero-order valence-electron chi connectivity index (χ0n) is 9.60. The molecule has 0 aliphatic carbocycles. The molecule has 1 fully saturated rings. The second-order valence-electron chi connectivity index (χ2n) is 4.49. The fourth-order valence-electron chi connectivity index (χ4n) is 2.29. The van der Waals surface area contributed by atoms with Crippen LogP contribution in [0.2, 0.25) is 0 Å². The van der Waals surface area contributed by atoms with Gasteiger partial charge in [0.2, 0.25) is 0 Å². The van der Waals surface area contributed by atoms with Crippen LogP contribution in [0.4, 0.5) is 0 Å². The highest BCUT2D eigenvalue weighted by atomic mass is 16.1. The number of aryl methyl sites for hydroxylation is 1. The molecule has 2 aromatic rings. The molecule has 1 aromatic heterocycles. The number of nitrogens with one attached hydrogen (secondary N) is 1. The second kappa shape index (κ2) is 3.56. The second-order valence-corrected chi connectivity index (χ2v) is 4.49. The summed E-state index contributed by atoms with van der Waals surface area (Å²) in [6.45, 7) is 3.79. The van der Waals surface area contributed by atoms with Crippen LogP contribution in [0, 0.1) is 6.92 Å². The van der Waals surface area contributed by atoms with Crippen molar-refractivity contribution in [2.45, 2.75) is 12.8 Å². The average Bonchev–Trinajstić information content (AvgIpc) is 2.23. The van der Waals surface area contributed by atoms with Gasteiger partial charge in [0.25, 0.3) is 5.56 Å². The number of fused-ring (bicyclic) bond motifs is 1. The molecule has 0 bridgehead atoms. The summed E-state index contributed by atoms with van der Waals surface area (Å²) in [5, 5.41) is 9.06. The van der Waals surface area contributed by atoms with E-state index < -0.39 is 0 Å². The highest BCUT2D eigenvalue weighted by molar-refractivity contribution is 5.87. The minimum Gasteiger partial charge on any atom is -0.320 e. The van der Waals surface area contributed by atoms with Crippen LogP contribution in [-0.4, -0.2) is 23.0 Å². The molecule has 5 nitrogen and oxygen atoms in total. The fraction of sp³-hybridized carbons (Fsp3) is 0.333. The smallest absolute Gasteiger partial charge is 0.293 e. The molecule has 2 heterocycles. The van der Waals surface area contributed by atoms with Crippen LogP contribution in [0.3, 0.4) is 0 Å². The Morgan fingerprint density at radius 3 is 2.88 bits per heavy atom. The molecule has 0 amide bonds. The van der Waals surface area contributed by atoms with Gasteiger partial charge in [-0.15, -0.1) is 4.79 Å². The molecule has 1 saturated heterocycles. The molecule has 0 unspecified atom stereocenters. The van der Waals surface area contributed by atoms with Gasteiger partial charge in [0, 0.05) is 24.4 Å². The average molecular weight is 230 g/mol. The largest absolute Gasteiger partial charge is 0.320 e. The summed E-state index contributed by atoms with van der Waals surface area (Å²) >= 11 is 0. The summed E-state index contributed by atoms with van der Waals surface area (Å²) in [7, 11) is 0. The topological polar surface area (TPSA) is 72.9 Å². The van der Waals surface area contributed by atoms with E-state index in [2.05, 4.69) is 10.4 Å². The van der Waals surface area contributed by atoms with Gasteiger partial charge in [-0.05, 0) is 18.6 Å². The SMILES string of the molecule is Cc1cccc2c(=O)n(N)nc(C3CNC3)c12. The van der Waals surface area contributed by atoms with Crippen LogP contribution >= 0.6 is 0 Å². The molecule has 0 spiro atoms. The molecule has 17 heavy (non-hydrogen) atoms. The van der Waals surface area contributed by atoms with Gasteiger partial charge in [-0.1, -0.05) is 12.1 Å². The predicted octanol–water partition coefficient (Wildman–Crippen LogP) is 0.106. The standard InChI is InChI=1S/C12H14N4O/c1-7-3-2-4-9-10(7)11(8-5-14-6-8)15-16(13)12(9)17/h2-4,8,14H,5-6,13H2,1H3. The van der Waals surface area contributed by atoms with Crippen LogP contribution in [0.1, 0.15) is 17.2 Å². The zero-order chi connectivity index (χ0) is 12.0. The van der Waals surface area contributed by atoms with E-state index in [9.17, 15) is 4.79 Å². The van der Waals surface area contributed by atoms with Gasteiger partial charge in [0.15, 0.2) is 0 Å². The molecule has 5 heteroatoms. The Hall–Kier alpha value is -1.88. The first kappa shape index (κ1) is 10.3. The lowest BCUT2D eigenvalue weighted by molar-refractivity contribution is 0.435. The third-order valence-corrected chi connectivity index (χ3v) is 3.35. The van der Waals surface area contributed by atoms with Crippen molar-refractivity contribution in [3.05, 3.63) is 39.8 Å². The summed E-state index contributed by atoms with van der Waals surface area (Å²) < 4.78 is 0. The Morgan fingerprint density at radius 1 is 1.47 bits per heavy atom. The maximum Gasteiger partial charge on any atom is 0.293 e. The van der Waals surface area contributed by atoms with E-state index in [1.807, 2.05) is 25.1 Å². The van der Waals surface area contributed by atoms with E-state index in [4.69, 9.17) is 5.84 Å². The first-order valence-electron chi connectivity index (χ1n) is 5.67. The van der Waals surface area contributed by atoms with E-state index >= 15 is 0 Å². The molecule has 3 N–H and O–H groups in total. The van der Waals surface area contributed by atoms with Gasteiger partial charge in [-0.2, -0.15) is 5.10 Å². The zero-order valence-corrected chi connectivity index (χ0v) is 9.60. The Balaban J connectivity index is 2.41. The van der Waals surface area contributed by atoms with Crippen molar-refractivity contribution in [1.82, 2.24) is 15.2 Å². The van der Waals surface area contributed by atoms with Crippen molar-refractivity contribution < 1.29 is 0 Å². The molecule has 3 rings (SSSR count). The lowest BCUT2D eigenvalue weighted by atomic mass is 9.93. The van der Waals surface area contributed by atoms with Crippen LogP contribution in [0.25, 0.3) is 10.8 Å². The van der Waals surface area contributed by atoms with Crippen LogP contribution < -0.4 is 16.7 Å². The minimum absolute atomic E-state index is 0.236. The summed E-state index contributed by atoms with van der Waals surface area (Å²) in [5.41, 5.74) is 1.77. The van der Waals surface area contributed by atoms with Crippen molar-refractivity contribution in [1.29, 1.82) is 0 Å². The molecule has 0 atom stereocenters. The molecule has 88 valence electrons. The maximum absolute atomic E-state index is 11.9. The number of aromatic nitrogens is 2. The molecular weight excluding hydrogens is 216 g/mol. The monoisotopic (exact) mass is 230 g/mol. The third kappa shape index (κ3) is 1.43. The summed E-state index contributed by atoms with van der Waals surface area (Å²) in [4.78, 5) is 12.9. The molecular formula is C12H14N4O. The summed E-state index contributed by atoms with van der Waals surface area (Å²) in [5.74, 6) is 5.98. The molecule has 1 aliphatic rings. The number of nitrogens with two attached hydrogens (primary N) is 1. The van der Waals surface area contributed by atoms with E-state index in [-0.39, 0.29) is 5.56 Å². The lowest BCUT2D eigenvalue weighted by Crippen LogP contribution is -2.42. The van der Waals surface area contributed by atoms with Gasteiger partial charge in [0.1, 0.15) is 0 Å². The number of hydrogen-bond donors (Lipinski definition) is 2. The van der Waals surface area contributed by atoms with Gasteiger partial charge >= 0.3 is 0 Å². The molecule has 0 radical (unpaired) electrons. The number of nitrogens with zero attached hydrogens (tertiary/aromatic N) is 2. The number of benzene rings is 1. The lowest BCUT2D eigenvalue weighted by Gasteiger charge is -2.27. The van der Waals surface area contributed by atoms with Crippen LogP contribution in [0.5, 0.6) is 0 Å². The first-order valence-corrected chi connectivity index (χ1v) is 5.67. The van der Waals surface area contributed by atoms with E-state index in [0.717, 1.165) is 34.5 Å². The summed E-state index contributed by atoms with van der Waals surface area (Å²) in [6, 6.07) is 5.69. The van der Waals surface area contributed by atoms with Crippen molar-refractivity contribution in [2.24, 2.45) is 0 Å². The van der Waals surface area contributed by atoms with Crippen molar-refractivity contribution in [3.8, 4) is 0 Å².